The van der Waals surface area contributed by atoms with Crippen molar-refractivity contribution in [2.45, 2.75) is 30.2 Å². The zero-order chi connectivity index (χ0) is 14.3. The van der Waals surface area contributed by atoms with Crippen LogP contribution in [0.1, 0.15) is 23.6 Å². The number of rotatable bonds is 2. The van der Waals surface area contributed by atoms with Crippen molar-refractivity contribution >= 4 is 40.9 Å². The van der Waals surface area contributed by atoms with E-state index in [0.29, 0.717) is 15.8 Å². The average Bonchev–Trinajstić information content (AvgIpc) is 2.92. The van der Waals surface area contributed by atoms with Gasteiger partial charge in [0.25, 0.3) is 0 Å². The van der Waals surface area contributed by atoms with Crippen LogP contribution in [0, 0.1) is 0 Å². The topological polar surface area (TPSA) is 55.1 Å². The van der Waals surface area contributed by atoms with Crippen LogP contribution in [0.15, 0.2) is 33.7 Å². The average molecular weight is 329 g/mol. The number of carbonyl (C=O) groups excluding carboxylic acids is 1. The minimum absolute atomic E-state index is 0.0444. The summed E-state index contributed by atoms with van der Waals surface area (Å²) in [5, 5.41) is 3.35. The van der Waals surface area contributed by atoms with Crippen molar-refractivity contribution in [3.8, 4) is 0 Å². The molecule has 3 unspecified atom stereocenters. The molecule has 1 amide bonds. The molecule has 0 radical (unpaired) electrons. The summed E-state index contributed by atoms with van der Waals surface area (Å²) in [6.07, 6.45) is 1.27. The smallest absolute Gasteiger partial charge is 0.234 e. The van der Waals surface area contributed by atoms with Gasteiger partial charge in [-0.05, 0) is 17.5 Å². The highest BCUT2D eigenvalue weighted by atomic mass is 35.5. The van der Waals surface area contributed by atoms with Crippen LogP contribution in [-0.4, -0.2) is 17.2 Å². The molecule has 0 saturated carbocycles. The molecule has 0 fully saturated rings. The summed E-state index contributed by atoms with van der Waals surface area (Å²) in [5.41, 5.74) is 8.53. The van der Waals surface area contributed by atoms with Crippen molar-refractivity contribution in [2.75, 3.05) is 0 Å². The Hall–Kier alpha value is -0.680. The van der Waals surface area contributed by atoms with Gasteiger partial charge in [-0.25, -0.2) is 0 Å². The van der Waals surface area contributed by atoms with Crippen molar-refractivity contribution in [3.05, 3.63) is 44.8 Å². The number of nitrogens with two attached hydrogens (primary N) is 1. The normalized spacial score (nSPS) is 28.6. The maximum absolute atomic E-state index is 12.3. The zero-order valence-corrected chi connectivity index (χ0v) is 12.9. The molecular formula is C14H14Cl2N2OS. The molecule has 1 aliphatic carbocycles. The van der Waals surface area contributed by atoms with Gasteiger partial charge in [-0.3, -0.25) is 4.79 Å². The van der Waals surface area contributed by atoms with E-state index < -0.39 is 0 Å². The lowest BCUT2D eigenvalue weighted by Crippen LogP contribution is -2.44. The third-order valence-corrected chi connectivity index (χ3v) is 5.90. The monoisotopic (exact) mass is 328 g/mol. The minimum Gasteiger partial charge on any atom is -0.350 e. The maximum Gasteiger partial charge on any atom is 0.234 e. The first-order valence-electron chi connectivity index (χ1n) is 6.41. The van der Waals surface area contributed by atoms with Crippen LogP contribution >= 0.6 is 35.0 Å². The number of carbonyl (C=O) groups is 1. The number of thioether (sulfide) groups is 1. The molecule has 1 aromatic carbocycles. The van der Waals surface area contributed by atoms with Crippen LogP contribution in [0.5, 0.6) is 0 Å². The Morgan fingerprint density at radius 1 is 1.30 bits per heavy atom. The molecule has 1 aliphatic heterocycles. The van der Waals surface area contributed by atoms with Crippen molar-refractivity contribution in [1.29, 1.82) is 0 Å². The van der Waals surface area contributed by atoms with Gasteiger partial charge in [0.05, 0.1) is 21.7 Å². The van der Waals surface area contributed by atoms with Crippen LogP contribution in [0.2, 0.25) is 0 Å². The minimum atomic E-state index is -0.245. The SMILES string of the molecule is NC1c2ccccc2CC1NC(=O)C1CC(Cl)=C(Cl)S1. The molecule has 0 bridgehead atoms. The van der Waals surface area contributed by atoms with E-state index in [4.69, 9.17) is 28.9 Å². The molecule has 3 N–H and O–H groups in total. The lowest BCUT2D eigenvalue weighted by molar-refractivity contribution is -0.121. The molecule has 0 saturated heterocycles. The first-order valence-corrected chi connectivity index (χ1v) is 8.04. The molecule has 3 rings (SSSR count). The summed E-state index contributed by atoms with van der Waals surface area (Å²) in [5.74, 6) is -0.0444. The Morgan fingerprint density at radius 3 is 2.70 bits per heavy atom. The van der Waals surface area contributed by atoms with Crippen LogP contribution in [-0.2, 0) is 11.2 Å². The maximum atomic E-state index is 12.3. The lowest BCUT2D eigenvalue weighted by atomic mass is 10.1. The van der Waals surface area contributed by atoms with E-state index in [-0.39, 0.29) is 23.2 Å². The van der Waals surface area contributed by atoms with E-state index in [9.17, 15) is 4.79 Å². The molecule has 3 nitrogen and oxygen atoms in total. The van der Waals surface area contributed by atoms with Crippen LogP contribution < -0.4 is 11.1 Å². The second-order valence-corrected chi connectivity index (χ2v) is 7.30. The molecule has 0 aromatic heterocycles. The number of nitrogens with one attached hydrogen (secondary N) is 1. The van der Waals surface area contributed by atoms with Gasteiger partial charge in [-0.1, -0.05) is 59.2 Å². The number of halogens is 2. The summed E-state index contributed by atoms with van der Waals surface area (Å²) < 4.78 is 0.519. The Labute approximate surface area is 131 Å². The molecule has 3 atom stereocenters. The highest BCUT2D eigenvalue weighted by Crippen LogP contribution is 2.42. The van der Waals surface area contributed by atoms with Gasteiger partial charge in [0.15, 0.2) is 0 Å². The molecule has 1 heterocycles. The number of hydrogen-bond donors (Lipinski definition) is 2. The van der Waals surface area contributed by atoms with Crippen LogP contribution in [0.3, 0.4) is 0 Å². The van der Waals surface area contributed by atoms with E-state index in [1.54, 1.807) is 0 Å². The Kier molecular flexibility index (Phi) is 4.00. The van der Waals surface area contributed by atoms with Crippen molar-refractivity contribution in [3.63, 3.8) is 0 Å². The molecule has 0 spiro atoms. The second kappa shape index (κ2) is 5.60. The Bertz CT molecular complexity index is 576. The Morgan fingerprint density at radius 2 is 2.05 bits per heavy atom. The van der Waals surface area contributed by atoms with Crippen LogP contribution in [0.4, 0.5) is 0 Å². The molecule has 2 aliphatic rings. The van der Waals surface area contributed by atoms with Gasteiger partial charge >= 0.3 is 0 Å². The third kappa shape index (κ3) is 2.58. The molecule has 1 aromatic rings. The molecule has 106 valence electrons. The molecular weight excluding hydrogens is 315 g/mol. The summed E-state index contributed by atoms with van der Waals surface area (Å²) in [6.45, 7) is 0. The molecule has 20 heavy (non-hydrogen) atoms. The number of benzene rings is 1. The van der Waals surface area contributed by atoms with Crippen molar-refractivity contribution in [2.24, 2.45) is 5.73 Å². The van der Waals surface area contributed by atoms with E-state index >= 15 is 0 Å². The summed E-state index contributed by atoms with van der Waals surface area (Å²) in [7, 11) is 0. The number of fused-ring (bicyclic) bond motifs is 1. The van der Waals surface area contributed by atoms with E-state index in [1.807, 2.05) is 18.2 Å². The van der Waals surface area contributed by atoms with E-state index in [1.165, 1.54) is 17.3 Å². The van der Waals surface area contributed by atoms with Crippen molar-refractivity contribution in [1.82, 2.24) is 5.32 Å². The van der Waals surface area contributed by atoms with Gasteiger partial charge < -0.3 is 11.1 Å². The standard InChI is InChI=1S/C14H14Cl2N2OS/c15-9-6-11(20-13(9)16)14(19)18-10-5-7-3-1-2-4-8(7)12(10)17/h1-4,10-12H,5-6,17H2,(H,18,19). The largest absolute Gasteiger partial charge is 0.350 e. The van der Waals surface area contributed by atoms with Gasteiger partial charge in [-0.15, -0.1) is 0 Å². The Balaban J connectivity index is 1.65. The van der Waals surface area contributed by atoms with Crippen molar-refractivity contribution < 1.29 is 4.79 Å². The summed E-state index contributed by atoms with van der Waals surface area (Å²) in [6, 6.07) is 7.83. The highest BCUT2D eigenvalue weighted by molar-refractivity contribution is 8.06. The number of allylic oxidation sites excluding steroid dienone is 1. The summed E-state index contributed by atoms with van der Waals surface area (Å²) >= 11 is 13.2. The highest BCUT2D eigenvalue weighted by Gasteiger charge is 2.34. The fraction of sp³-hybridized carbons (Fsp3) is 0.357. The van der Waals surface area contributed by atoms with Gasteiger partial charge in [0, 0.05) is 11.5 Å². The predicted octanol–water partition coefficient (Wildman–Crippen LogP) is 2.88. The summed E-state index contributed by atoms with van der Waals surface area (Å²) in [4.78, 5) is 12.3. The first-order chi connectivity index (χ1) is 9.56. The number of amides is 1. The van der Waals surface area contributed by atoms with Gasteiger partial charge in [-0.2, -0.15) is 0 Å². The second-order valence-electron chi connectivity index (χ2n) is 5.03. The van der Waals surface area contributed by atoms with Gasteiger partial charge in [0.2, 0.25) is 5.91 Å². The van der Waals surface area contributed by atoms with Gasteiger partial charge in [0.1, 0.15) is 0 Å². The predicted molar refractivity (Wildman–Crippen MR) is 83.7 cm³/mol. The first kappa shape index (κ1) is 14.3. The number of hydrogen-bond acceptors (Lipinski definition) is 3. The van der Waals surface area contributed by atoms with Crippen LogP contribution in [0.25, 0.3) is 0 Å². The fourth-order valence-corrected chi connectivity index (χ4v) is 4.33. The third-order valence-electron chi connectivity index (χ3n) is 3.73. The quantitative estimate of drug-likeness (QED) is 0.877. The molecule has 6 heteroatoms. The zero-order valence-electron chi connectivity index (χ0n) is 10.6. The lowest BCUT2D eigenvalue weighted by Gasteiger charge is -2.20. The fourth-order valence-electron chi connectivity index (χ4n) is 2.66. The van der Waals surface area contributed by atoms with E-state index in [2.05, 4.69) is 11.4 Å². The van der Waals surface area contributed by atoms with E-state index in [0.717, 1.165) is 12.0 Å².